The molecule has 0 aliphatic rings. The molecule has 1 heterocycles. The van der Waals surface area contributed by atoms with E-state index in [4.69, 9.17) is 0 Å². The van der Waals surface area contributed by atoms with Crippen molar-refractivity contribution in [1.82, 2.24) is 0 Å². The minimum absolute atomic E-state index is 0.335. The highest BCUT2D eigenvalue weighted by Gasteiger charge is 2.37. The molecule has 0 aliphatic heterocycles. The topological polar surface area (TPSA) is 3.88 Å². The van der Waals surface area contributed by atoms with Gasteiger partial charge in [0.2, 0.25) is 0 Å². The Labute approximate surface area is 298 Å². The molecule has 0 atom stereocenters. The first-order valence-corrected chi connectivity index (χ1v) is 22.3. The van der Waals surface area contributed by atoms with Gasteiger partial charge in [-0.15, -0.1) is 0 Å². The zero-order valence-electron chi connectivity index (χ0n) is 33.0. The summed E-state index contributed by atoms with van der Waals surface area (Å²) in [5.41, 5.74) is 0.335. The van der Waals surface area contributed by atoms with Crippen LogP contribution >= 0.6 is 0 Å². The van der Waals surface area contributed by atoms with E-state index in [1.54, 1.807) is 0 Å². The predicted octanol–water partition coefficient (Wildman–Crippen LogP) is 16.2. The Morgan fingerprint density at radius 2 is 0.489 bits per heavy atom. The summed E-state index contributed by atoms with van der Waals surface area (Å²) in [5, 5.41) is 0. The quantitative estimate of drug-likeness (QED) is 0.0493. The Hall–Kier alpha value is -0.850. The zero-order valence-corrected chi connectivity index (χ0v) is 33.0. The van der Waals surface area contributed by atoms with Crippen LogP contribution in [0.3, 0.4) is 0 Å². The highest BCUT2D eigenvalue weighted by atomic mass is 15.0. The van der Waals surface area contributed by atoms with Crippen LogP contribution in [0.2, 0.25) is 0 Å². The molecule has 47 heavy (non-hydrogen) atoms. The van der Waals surface area contributed by atoms with Crippen LogP contribution in [0.25, 0.3) is 0 Å². The van der Waals surface area contributed by atoms with Gasteiger partial charge in [-0.05, 0) is 19.3 Å². The van der Waals surface area contributed by atoms with Crippen LogP contribution in [-0.4, -0.2) is 0 Å². The fourth-order valence-corrected chi connectivity index (χ4v) is 8.01. The van der Waals surface area contributed by atoms with Gasteiger partial charge in [-0.3, -0.25) is 0 Å². The summed E-state index contributed by atoms with van der Waals surface area (Å²) in [7, 11) is 0. The fourth-order valence-electron chi connectivity index (χ4n) is 8.01. The molecule has 0 fully saturated rings. The molecular weight excluding hydrogens is 567 g/mol. The van der Waals surface area contributed by atoms with E-state index in [0.717, 1.165) is 0 Å². The van der Waals surface area contributed by atoms with Gasteiger partial charge in [0.1, 0.15) is 0 Å². The van der Waals surface area contributed by atoms with Gasteiger partial charge in [0.25, 0.3) is 0 Å². The van der Waals surface area contributed by atoms with Crippen LogP contribution in [-0.2, 0) is 5.54 Å². The SMILES string of the molecule is CCCCCCCCCCCCCCCCCC(CCCCCC)(CCCCCCCCCCCCCCCCC)[n+]1ccccc1. The van der Waals surface area contributed by atoms with Crippen molar-refractivity contribution in [3.05, 3.63) is 30.6 Å². The number of unbranched alkanes of at least 4 members (excludes halogenated alkanes) is 31. The minimum atomic E-state index is 0.335. The maximum atomic E-state index is 2.66. The van der Waals surface area contributed by atoms with Gasteiger partial charge in [-0.25, -0.2) is 0 Å². The molecule has 1 rings (SSSR count). The number of aromatic nitrogens is 1. The Balaban J connectivity index is 2.32. The van der Waals surface area contributed by atoms with Crippen LogP contribution in [0.4, 0.5) is 0 Å². The van der Waals surface area contributed by atoms with Crippen LogP contribution in [0.15, 0.2) is 30.6 Å². The van der Waals surface area contributed by atoms with Crippen molar-refractivity contribution in [3.8, 4) is 0 Å². The summed E-state index contributed by atoms with van der Waals surface area (Å²) in [6, 6.07) is 6.76. The van der Waals surface area contributed by atoms with Crippen molar-refractivity contribution < 1.29 is 4.57 Å². The van der Waals surface area contributed by atoms with Crippen molar-refractivity contribution in [2.45, 2.75) is 264 Å². The Kier molecular flexibility index (Phi) is 32.9. The molecule has 0 amide bonds. The van der Waals surface area contributed by atoms with Crippen LogP contribution < -0.4 is 4.57 Å². The lowest BCUT2D eigenvalue weighted by atomic mass is 9.81. The molecule has 1 heteroatoms. The number of hydrogen-bond donors (Lipinski definition) is 0. The average Bonchev–Trinajstić information content (AvgIpc) is 3.10. The minimum Gasteiger partial charge on any atom is -0.200 e. The van der Waals surface area contributed by atoms with E-state index in [9.17, 15) is 0 Å². The number of nitrogens with zero attached hydrogens (tertiary/aromatic N) is 1. The molecule has 0 radical (unpaired) electrons. The molecule has 1 aromatic heterocycles. The van der Waals surface area contributed by atoms with Crippen molar-refractivity contribution >= 4 is 0 Å². The highest BCUT2D eigenvalue weighted by Crippen LogP contribution is 2.32. The summed E-state index contributed by atoms with van der Waals surface area (Å²) in [6.45, 7) is 6.98. The maximum Gasteiger partial charge on any atom is 0.169 e. The second-order valence-corrected chi connectivity index (χ2v) is 15.7. The summed E-state index contributed by atoms with van der Waals surface area (Å²) in [4.78, 5) is 0. The van der Waals surface area contributed by atoms with E-state index < -0.39 is 0 Å². The zero-order chi connectivity index (χ0) is 33.8. The van der Waals surface area contributed by atoms with Crippen LogP contribution in [0, 0.1) is 0 Å². The van der Waals surface area contributed by atoms with Gasteiger partial charge < -0.3 is 0 Å². The first kappa shape index (κ1) is 44.2. The van der Waals surface area contributed by atoms with Crippen molar-refractivity contribution in [1.29, 1.82) is 0 Å². The lowest BCUT2D eigenvalue weighted by molar-refractivity contribution is -0.768. The number of rotatable bonds is 38. The predicted molar refractivity (Wildman–Crippen MR) is 212 cm³/mol. The average molecular weight is 655 g/mol. The van der Waals surface area contributed by atoms with Crippen LogP contribution in [0.5, 0.6) is 0 Å². The molecule has 0 saturated carbocycles. The normalized spacial score (nSPS) is 11.9. The smallest absolute Gasteiger partial charge is 0.169 e. The molecule has 0 aromatic carbocycles. The van der Waals surface area contributed by atoms with Crippen molar-refractivity contribution in [2.75, 3.05) is 0 Å². The molecule has 0 saturated heterocycles. The Bertz CT molecular complexity index is 677. The van der Waals surface area contributed by atoms with E-state index in [1.807, 2.05) is 0 Å². The largest absolute Gasteiger partial charge is 0.200 e. The third-order valence-corrected chi connectivity index (χ3v) is 11.3. The molecule has 0 spiro atoms. The van der Waals surface area contributed by atoms with Gasteiger partial charge >= 0.3 is 0 Å². The summed E-state index contributed by atoms with van der Waals surface area (Å²) < 4.78 is 2.66. The molecule has 0 unspecified atom stereocenters. The lowest BCUT2D eigenvalue weighted by Crippen LogP contribution is -2.55. The van der Waals surface area contributed by atoms with Crippen LogP contribution in [0.1, 0.15) is 258 Å². The van der Waals surface area contributed by atoms with E-state index in [0.29, 0.717) is 5.54 Å². The molecule has 0 aliphatic carbocycles. The molecule has 1 aromatic rings. The first-order valence-electron chi connectivity index (χ1n) is 22.3. The van der Waals surface area contributed by atoms with Gasteiger partial charge in [0, 0.05) is 31.4 Å². The molecule has 1 nitrogen and oxygen atoms in total. The van der Waals surface area contributed by atoms with E-state index in [-0.39, 0.29) is 0 Å². The second kappa shape index (κ2) is 35.0. The van der Waals surface area contributed by atoms with Crippen molar-refractivity contribution in [3.63, 3.8) is 0 Å². The molecule has 0 N–H and O–H groups in total. The molecule has 0 bridgehead atoms. The monoisotopic (exact) mass is 655 g/mol. The Morgan fingerprint density at radius 3 is 0.745 bits per heavy atom. The number of pyridine rings is 1. The third kappa shape index (κ3) is 26.7. The molecular formula is C46H88N+. The summed E-state index contributed by atoms with van der Waals surface area (Å²) in [5.74, 6) is 0. The maximum absolute atomic E-state index is 2.66. The van der Waals surface area contributed by atoms with E-state index >= 15 is 0 Å². The second-order valence-electron chi connectivity index (χ2n) is 15.7. The lowest BCUT2D eigenvalue weighted by Gasteiger charge is -2.29. The third-order valence-electron chi connectivity index (χ3n) is 11.3. The van der Waals surface area contributed by atoms with E-state index in [2.05, 4.69) is 55.9 Å². The Morgan fingerprint density at radius 1 is 0.277 bits per heavy atom. The van der Waals surface area contributed by atoms with Gasteiger partial charge in [0.05, 0.1) is 0 Å². The van der Waals surface area contributed by atoms with Gasteiger partial charge in [-0.2, -0.15) is 4.57 Å². The van der Waals surface area contributed by atoms with Gasteiger partial charge in [0.15, 0.2) is 17.9 Å². The van der Waals surface area contributed by atoms with E-state index in [1.165, 1.54) is 238 Å². The standard InChI is InChI=1S/C46H88N/c1-4-7-10-13-15-17-19-21-23-25-27-29-31-33-37-42-46(41-36-12-9-6-3,47-44-39-35-40-45-47)43-38-34-32-30-28-26-24-22-20-18-16-14-11-8-5-2/h35,39-40,44-45H,4-34,36-38,41-43H2,1-3H3/q+1. The first-order chi connectivity index (χ1) is 23.3. The van der Waals surface area contributed by atoms with Crippen molar-refractivity contribution in [2.24, 2.45) is 0 Å². The highest BCUT2D eigenvalue weighted by molar-refractivity contribution is 4.86. The molecule has 276 valence electrons. The summed E-state index contributed by atoms with van der Waals surface area (Å²) >= 11 is 0. The number of hydrogen-bond acceptors (Lipinski definition) is 0. The fraction of sp³-hybridized carbons (Fsp3) is 0.891. The van der Waals surface area contributed by atoms with Gasteiger partial charge in [-0.1, -0.05) is 226 Å². The summed E-state index contributed by atoms with van der Waals surface area (Å²) in [6.07, 6.45) is 58.0.